The average molecular weight is 260 g/mol. The lowest BCUT2D eigenvalue weighted by atomic mass is 10.1. The predicted octanol–water partition coefficient (Wildman–Crippen LogP) is 3.53. The zero-order chi connectivity index (χ0) is 13.8. The van der Waals surface area contributed by atoms with Crippen LogP contribution in [-0.2, 0) is 0 Å². The summed E-state index contributed by atoms with van der Waals surface area (Å²) >= 11 is 0. The Labute approximate surface area is 116 Å². The summed E-state index contributed by atoms with van der Waals surface area (Å²) < 4.78 is 0. The van der Waals surface area contributed by atoms with Gasteiger partial charge >= 0.3 is 0 Å². The number of hydrogen-bond acceptors (Lipinski definition) is 3. The highest BCUT2D eigenvalue weighted by Gasteiger charge is 2.01. The molecule has 3 nitrogen and oxygen atoms in total. The second kappa shape index (κ2) is 5.45. The van der Waals surface area contributed by atoms with Crippen molar-refractivity contribution >= 4 is 22.8 Å². The van der Waals surface area contributed by atoms with Gasteiger partial charge in [0.15, 0.2) is 5.78 Å². The van der Waals surface area contributed by atoms with E-state index in [-0.39, 0.29) is 5.78 Å². The van der Waals surface area contributed by atoms with Gasteiger partial charge in [-0.2, -0.15) is 0 Å². The smallest absolute Gasteiger partial charge is 0.187 e. The van der Waals surface area contributed by atoms with Crippen molar-refractivity contribution in [2.24, 2.45) is 0 Å². The fraction of sp³-hybridized carbons (Fsp3) is 0. The molecule has 0 spiro atoms. The van der Waals surface area contributed by atoms with Crippen LogP contribution < -0.4 is 0 Å². The Morgan fingerprint density at radius 3 is 2.75 bits per heavy atom. The number of nitrogens with zero attached hydrogens (tertiary/aromatic N) is 2. The lowest BCUT2D eigenvalue weighted by Gasteiger charge is -1.98. The standard InChI is InChI=1S/C17H12N2O/c20-17(14-5-3-11-18-12-14)10-9-15-8-7-13-4-1-2-6-16(13)19-15/h1-12H/b10-9-. The molecule has 0 unspecified atom stereocenters. The summed E-state index contributed by atoms with van der Waals surface area (Å²) in [7, 11) is 0. The number of aromatic nitrogens is 2. The summed E-state index contributed by atoms with van der Waals surface area (Å²) in [4.78, 5) is 20.3. The molecule has 0 radical (unpaired) electrons. The third-order valence-corrected chi connectivity index (χ3v) is 2.97. The van der Waals surface area contributed by atoms with Crippen molar-refractivity contribution in [2.75, 3.05) is 0 Å². The number of rotatable bonds is 3. The number of allylic oxidation sites excluding steroid dienone is 1. The second-order valence-corrected chi connectivity index (χ2v) is 4.37. The first-order valence-electron chi connectivity index (χ1n) is 6.31. The fourth-order valence-electron chi connectivity index (χ4n) is 1.94. The molecular weight excluding hydrogens is 248 g/mol. The maximum absolute atomic E-state index is 11.9. The predicted molar refractivity (Wildman–Crippen MR) is 79.3 cm³/mol. The number of benzene rings is 1. The van der Waals surface area contributed by atoms with E-state index in [0.29, 0.717) is 5.56 Å². The Bertz CT molecular complexity index is 779. The SMILES string of the molecule is O=C(/C=C\c1ccc2ccccc2n1)c1cccnc1. The molecule has 3 aromatic rings. The summed E-state index contributed by atoms with van der Waals surface area (Å²) in [5.74, 6) is -0.0759. The van der Waals surface area contributed by atoms with Crippen LogP contribution in [0, 0.1) is 0 Å². The van der Waals surface area contributed by atoms with E-state index in [1.807, 2.05) is 36.4 Å². The Morgan fingerprint density at radius 1 is 1.00 bits per heavy atom. The maximum Gasteiger partial charge on any atom is 0.187 e. The van der Waals surface area contributed by atoms with Gasteiger partial charge in [0.2, 0.25) is 0 Å². The number of carbonyl (C=O) groups excluding carboxylic acids is 1. The number of carbonyl (C=O) groups is 1. The first-order chi connectivity index (χ1) is 9.83. The summed E-state index contributed by atoms with van der Waals surface area (Å²) in [6, 6.07) is 15.3. The molecular formula is C17H12N2O. The highest BCUT2D eigenvalue weighted by Crippen LogP contribution is 2.12. The van der Waals surface area contributed by atoms with E-state index in [1.54, 1.807) is 30.6 Å². The summed E-state index contributed by atoms with van der Waals surface area (Å²) in [5, 5.41) is 1.09. The van der Waals surface area contributed by atoms with E-state index in [1.165, 1.54) is 6.08 Å². The van der Waals surface area contributed by atoms with E-state index in [4.69, 9.17) is 0 Å². The monoisotopic (exact) mass is 260 g/mol. The lowest BCUT2D eigenvalue weighted by Crippen LogP contribution is -1.94. The van der Waals surface area contributed by atoms with Crippen molar-refractivity contribution in [3.05, 3.63) is 78.3 Å². The molecule has 0 N–H and O–H groups in total. The highest BCUT2D eigenvalue weighted by molar-refractivity contribution is 6.06. The topological polar surface area (TPSA) is 42.9 Å². The van der Waals surface area contributed by atoms with Gasteiger partial charge in [-0.3, -0.25) is 9.78 Å². The molecule has 96 valence electrons. The van der Waals surface area contributed by atoms with Crippen molar-refractivity contribution in [1.82, 2.24) is 9.97 Å². The van der Waals surface area contributed by atoms with E-state index >= 15 is 0 Å². The normalized spacial score (nSPS) is 11.0. The van der Waals surface area contributed by atoms with Crippen LogP contribution in [-0.4, -0.2) is 15.8 Å². The second-order valence-electron chi connectivity index (χ2n) is 4.37. The van der Waals surface area contributed by atoms with Gasteiger partial charge in [-0.15, -0.1) is 0 Å². The molecule has 20 heavy (non-hydrogen) atoms. The lowest BCUT2D eigenvalue weighted by molar-refractivity contribution is 0.104. The first kappa shape index (κ1) is 12.2. The van der Waals surface area contributed by atoms with E-state index in [9.17, 15) is 4.79 Å². The molecule has 0 bridgehead atoms. The minimum absolute atomic E-state index is 0.0759. The van der Waals surface area contributed by atoms with Crippen molar-refractivity contribution in [1.29, 1.82) is 0 Å². The van der Waals surface area contributed by atoms with Crippen LogP contribution in [0.2, 0.25) is 0 Å². The molecule has 0 aliphatic carbocycles. The summed E-state index contributed by atoms with van der Waals surface area (Å²) in [5.41, 5.74) is 2.26. The van der Waals surface area contributed by atoms with Crippen molar-refractivity contribution in [2.45, 2.75) is 0 Å². The maximum atomic E-state index is 11.9. The van der Waals surface area contributed by atoms with E-state index in [2.05, 4.69) is 9.97 Å². The Hall–Kier alpha value is -2.81. The summed E-state index contributed by atoms with van der Waals surface area (Å²) in [6.45, 7) is 0. The average Bonchev–Trinajstić information content (AvgIpc) is 2.53. The summed E-state index contributed by atoms with van der Waals surface area (Å²) in [6.07, 6.45) is 6.45. The van der Waals surface area contributed by atoms with Gasteiger partial charge < -0.3 is 0 Å². The zero-order valence-corrected chi connectivity index (χ0v) is 10.7. The van der Waals surface area contributed by atoms with Gasteiger partial charge in [-0.1, -0.05) is 24.3 Å². The van der Waals surface area contributed by atoms with Gasteiger partial charge in [0.1, 0.15) is 0 Å². The third-order valence-electron chi connectivity index (χ3n) is 2.97. The van der Waals surface area contributed by atoms with Gasteiger partial charge in [0.05, 0.1) is 11.2 Å². The molecule has 0 atom stereocenters. The van der Waals surface area contributed by atoms with Gasteiger partial charge in [0, 0.05) is 23.3 Å². The fourth-order valence-corrected chi connectivity index (χ4v) is 1.94. The van der Waals surface area contributed by atoms with Crippen LogP contribution in [0.25, 0.3) is 17.0 Å². The molecule has 0 aliphatic rings. The largest absolute Gasteiger partial charge is 0.289 e. The molecule has 3 rings (SSSR count). The Morgan fingerprint density at radius 2 is 1.90 bits per heavy atom. The molecule has 0 saturated carbocycles. The highest BCUT2D eigenvalue weighted by atomic mass is 16.1. The molecule has 2 heterocycles. The van der Waals surface area contributed by atoms with Crippen LogP contribution in [0.5, 0.6) is 0 Å². The van der Waals surface area contributed by atoms with Crippen molar-refractivity contribution in [3.8, 4) is 0 Å². The van der Waals surface area contributed by atoms with Crippen LogP contribution in [0.1, 0.15) is 16.1 Å². The van der Waals surface area contributed by atoms with Crippen LogP contribution in [0.3, 0.4) is 0 Å². The minimum atomic E-state index is -0.0759. The van der Waals surface area contributed by atoms with Crippen molar-refractivity contribution in [3.63, 3.8) is 0 Å². The molecule has 0 aliphatic heterocycles. The van der Waals surface area contributed by atoms with E-state index < -0.39 is 0 Å². The van der Waals surface area contributed by atoms with Crippen molar-refractivity contribution < 1.29 is 4.79 Å². The molecule has 2 aromatic heterocycles. The number of para-hydroxylation sites is 1. The van der Waals surface area contributed by atoms with Gasteiger partial charge in [0.25, 0.3) is 0 Å². The number of hydrogen-bond donors (Lipinski definition) is 0. The molecule has 1 aromatic carbocycles. The van der Waals surface area contributed by atoms with Gasteiger partial charge in [-0.05, 0) is 36.4 Å². The molecule has 3 heteroatoms. The third kappa shape index (κ3) is 2.62. The van der Waals surface area contributed by atoms with Crippen LogP contribution in [0.4, 0.5) is 0 Å². The number of pyridine rings is 2. The quantitative estimate of drug-likeness (QED) is 0.534. The van der Waals surface area contributed by atoms with Gasteiger partial charge in [-0.25, -0.2) is 4.98 Å². The molecule has 0 amide bonds. The minimum Gasteiger partial charge on any atom is -0.289 e. The number of fused-ring (bicyclic) bond motifs is 1. The Kier molecular flexibility index (Phi) is 3.33. The van der Waals surface area contributed by atoms with E-state index in [0.717, 1.165) is 16.6 Å². The molecule has 0 saturated heterocycles. The zero-order valence-electron chi connectivity index (χ0n) is 10.7. The Balaban J connectivity index is 1.85. The first-order valence-corrected chi connectivity index (χ1v) is 6.31. The molecule has 0 fully saturated rings. The van der Waals surface area contributed by atoms with Crippen LogP contribution in [0.15, 0.2) is 67.0 Å². The number of ketones is 1. The van der Waals surface area contributed by atoms with Crippen LogP contribution >= 0.6 is 0 Å².